The number of rotatable bonds is 4. The minimum absolute atomic E-state index is 0.0404. The summed E-state index contributed by atoms with van der Waals surface area (Å²) in [5.74, 6) is -0.292. The van der Waals surface area contributed by atoms with E-state index >= 15 is 0 Å². The number of nitrogen functional groups attached to an aromatic ring is 1. The average Bonchev–Trinajstić information content (AvgIpc) is 2.71. The van der Waals surface area contributed by atoms with E-state index in [9.17, 15) is 4.39 Å². The van der Waals surface area contributed by atoms with E-state index in [1.807, 2.05) is 20.8 Å². The van der Waals surface area contributed by atoms with Crippen LogP contribution in [0.5, 0.6) is 5.75 Å². The SMILES string of the molecule is COc1cc(NC(C)c2sc(C)nc2C)c(N)cc1F. The molecule has 1 unspecified atom stereocenters. The van der Waals surface area contributed by atoms with Crippen LogP contribution in [0, 0.1) is 19.7 Å². The number of methoxy groups -OCH3 is 1. The fraction of sp³-hybridized carbons (Fsp3) is 0.357. The van der Waals surface area contributed by atoms with Gasteiger partial charge in [-0.1, -0.05) is 0 Å². The van der Waals surface area contributed by atoms with Gasteiger partial charge in [0.1, 0.15) is 0 Å². The van der Waals surface area contributed by atoms with Crippen LogP contribution in [0.3, 0.4) is 0 Å². The minimum atomic E-state index is -0.465. The molecule has 2 aromatic rings. The molecule has 0 radical (unpaired) electrons. The lowest BCUT2D eigenvalue weighted by Crippen LogP contribution is -2.09. The summed E-state index contributed by atoms with van der Waals surface area (Å²) in [5.41, 5.74) is 7.85. The first-order chi connectivity index (χ1) is 9.42. The van der Waals surface area contributed by atoms with Gasteiger partial charge in [0.05, 0.1) is 35.2 Å². The second kappa shape index (κ2) is 5.66. The second-order valence-corrected chi connectivity index (χ2v) is 5.86. The van der Waals surface area contributed by atoms with Gasteiger partial charge in [-0.05, 0) is 20.8 Å². The topological polar surface area (TPSA) is 60.2 Å². The number of anilines is 2. The predicted molar refractivity (Wildman–Crippen MR) is 81.0 cm³/mol. The molecule has 1 atom stereocenters. The fourth-order valence-electron chi connectivity index (χ4n) is 2.10. The molecule has 0 aliphatic heterocycles. The van der Waals surface area contributed by atoms with Crippen molar-refractivity contribution < 1.29 is 9.13 Å². The third-order valence-corrected chi connectivity index (χ3v) is 4.28. The van der Waals surface area contributed by atoms with Gasteiger partial charge in [-0.3, -0.25) is 0 Å². The zero-order chi connectivity index (χ0) is 14.9. The molecule has 0 aliphatic carbocycles. The first kappa shape index (κ1) is 14.6. The van der Waals surface area contributed by atoms with E-state index in [-0.39, 0.29) is 11.8 Å². The van der Waals surface area contributed by atoms with Gasteiger partial charge in [0.2, 0.25) is 0 Å². The van der Waals surface area contributed by atoms with E-state index in [0.717, 1.165) is 15.6 Å². The zero-order valence-electron chi connectivity index (χ0n) is 12.0. The van der Waals surface area contributed by atoms with Crippen LogP contribution in [0.2, 0.25) is 0 Å². The Bertz CT molecular complexity index is 627. The van der Waals surface area contributed by atoms with Gasteiger partial charge < -0.3 is 15.8 Å². The molecule has 1 aromatic carbocycles. The van der Waals surface area contributed by atoms with Crippen LogP contribution in [-0.4, -0.2) is 12.1 Å². The van der Waals surface area contributed by atoms with Gasteiger partial charge in [-0.15, -0.1) is 11.3 Å². The number of nitrogens with one attached hydrogen (secondary N) is 1. The van der Waals surface area contributed by atoms with Crippen LogP contribution in [0.4, 0.5) is 15.8 Å². The lowest BCUT2D eigenvalue weighted by Gasteiger charge is -2.17. The van der Waals surface area contributed by atoms with E-state index < -0.39 is 5.82 Å². The van der Waals surface area contributed by atoms with Crippen molar-refractivity contribution in [2.45, 2.75) is 26.8 Å². The lowest BCUT2D eigenvalue weighted by atomic mass is 10.2. The van der Waals surface area contributed by atoms with Crippen LogP contribution in [0.15, 0.2) is 12.1 Å². The summed E-state index contributed by atoms with van der Waals surface area (Å²) >= 11 is 1.64. The number of ether oxygens (including phenoxy) is 1. The molecule has 0 spiro atoms. The maximum Gasteiger partial charge on any atom is 0.167 e. The van der Waals surface area contributed by atoms with Crippen molar-refractivity contribution in [2.75, 3.05) is 18.2 Å². The standard InChI is InChI=1S/C14H18FN3OS/c1-7-14(20-9(3)17-7)8(2)18-12-6-13(19-4)10(15)5-11(12)16/h5-6,8,18H,16H2,1-4H3. The van der Waals surface area contributed by atoms with Gasteiger partial charge in [0.15, 0.2) is 11.6 Å². The van der Waals surface area contributed by atoms with Crippen LogP contribution in [-0.2, 0) is 0 Å². The first-order valence-electron chi connectivity index (χ1n) is 6.25. The third-order valence-electron chi connectivity index (χ3n) is 3.03. The molecule has 0 saturated heterocycles. The highest BCUT2D eigenvalue weighted by molar-refractivity contribution is 7.11. The van der Waals surface area contributed by atoms with Crippen LogP contribution < -0.4 is 15.8 Å². The van der Waals surface area contributed by atoms with E-state index in [1.54, 1.807) is 17.4 Å². The van der Waals surface area contributed by atoms with E-state index in [4.69, 9.17) is 10.5 Å². The number of nitrogens with two attached hydrogens (primary N) is 1. The number of thiazole rings is 1. The van der Waals surface area contributed by atoms with Crippen LogP contribution in [0.25, 0.3) is 0 Å². The number of hydrogen-bond donors (Lipinski definition) is 2. The summed E-state index contributed by atoms with van der Waals surface area (Å²) in [7, 11) is 1.43. The molecule has 0 bridgehead atoms. The largest absolute Gasteiger partial charge is 0.494 e. The molecular formula is C14H18FN3OS. The van der Waals surface area contributed by atoms with E-state index in [0.29, 0.717) is 11.4 Å². The summed E-state index contributed by atoms with van der Waals surface area (Å²) in [4.78, 5) is 5.55. The van der Waals surface area contributed by atoms with Gasteiger partial charge >= 0.3 is 0 Å². The highest BCUT2D eigenvalue weighted by Gasteiger charge is 2.15. The van der Waals surface area contributed by atoms with Crippen molar-refractivity contribution >= 4 is 22.7 Å². The third kappa shape index (κ3) is 2.85. The van der Waals surface area contributed by atoms with Crippen molar-refractivity contribution in [1.29, 1.82) is 0 Å². The average molecular weight is 295 g/mol. The molecule has 3 N–H and O–H groups in total. The normalized spacial score (nSPS) is 12.2. The molecule has 2 rings (SSSR count). The first-order valence-corrected chi connectivity index (χ1v) is 7.07. The van der Waals surface area contributed by atoms with Crippen molar-refractivity contribution in [2.24, 2.45) is 0 Å². The Hall–Kier alpha value is -1.82. The Morgan fingerprint density at radius 3 is 2.65 bits per heavy atom. The fourth-order valence-corrected chi connectivity index (χ4v) is 3.03. The Morgan fingerprint density at radius 2 is 2.10 bits per heavy atom. The van der Waals surface area contributed by atoms with Gasteiger partial charge in [-0.25, -0.2) is 9.37 Å². The van der Waals surface area contributed by atoms with Gasteiger partial charge in [0, 0.05) is 17.0 Å². The predicted octanol–water partition coefficient (Wildman–Crippen LogP) is 3.66. The Morgan fingerprint density at radius 1 is 1.40 bits per heavy atom. The van der Waals surface area contributed by atoms with Crippen molar-refractivity contribution in [3.05, 3.63) is 33.5 Å². The summed E-state index contributed by atoms with van der Waals surface area (Å²) in [6.07, 6.45) is 0. The second-order valence-electron chi connectivity index (χ2n) is 4.62. The highest BCUT2D eigenvalue weighted by Crippen LogP contribution is 2.33. The Balaban J connectivity index is 2.27. The smallest absolute Gasteiger partial charge is 0.167 e. The number of aromatic nitrogens is 1. The number of hydrogen-bond acceptors (Lipinski definition) is 5. The van der Waals surface area contributed by atoms with Gasteiger partial charge in [0.25, 0.3) is 0 Å². The molecule has 0 fully saturated rings. The molecule has 0 aliphatic rings. The van der Waals surface area contributed by atoms with Crippen molar-refractivity contribution in [3.8, 4) is 5.75 Å². The van der Waals surface area contributed by atoms with Crippen LogP contribution in [0.1, 0.15) is 28.5 Å². The maximum absolute atomic E-state index is 13.5. The monoisotopic (exact) mass is 295 g/mol. The molecule has 6 heteroatoms. The molecule has 4 nitrogen and oxygen atoms in total. The van der Waals surface area contributed by atoms with E-state index in [1.165, 1.54) is 13.2 Å². The summed E-state index contributed by atoms with van der Waals surface area (Å²) in [5, 5.41) is 4.31. The number of benzene rings is 1. The Labute approximate surface area is 121 Å². The summed E-state index contributed by atoms with van der Waals surface area (Å²) in [6.45, 7) is 5.98. The minimum Gasteiger partial charge on any atom is -0.494 e. The number of nitrogens with zero attached hydrogens (tertiary/aromatic N) is 1. The van der Waals surface area contributed by atoms with Crippen molar-refractivity contribution in [1.82, 2.24) is 4.98 Å². The molecule has 0 saturated carbocycles. The lowest BCUT2D eigenvalue weighted by molar-refractivity contribution is 0.387. The van der Waals surface area contributed by atoms with Crippen LogP contribution >= 0.6 is 11.3 Å². The summed E-state index contributed by atoms with van der Waals surface area (Å²) < 4.78 is 18.5. The summed E-state index contributed by atoms with van der Waals surface area (Å²) in [6, 6.07) is 2.88. The maximum atomic E-state index is 13.5. The zero-order valence-corrected chi connectivity index (χ0v) is 12.8. The quantitative estimate of drug-likeness (QED) is 0.845. The highest BCUT2D eigenvalue weighted by atomic mass is 32.1. The van der Waals surface area contributed by atoms with Crippen molar-refractivity contribution in [3.63, 3.8) is 0 Å². The molecule has 20 heavy (non-hydrogen) atoms. The number of halogens is 1. The Kier molecular flexibility index (Phi) is 4.13. The molecule has 1 aromatic heterocycles. The molecule has 108 valence electrons. The molecule has 1 heterocycles. The number of aryl methyl sites for hydroxylation is 2. The molecule has 0 amide bonds. The molecular weight excluding hydrogens is 277 g/mol. The van der Waals surface area contributed by atoms with E-state index in [2.05, 4.69) is 10.3 Å². The van der Waals surface area contributed by atoms with Gasteiger partial charge in [-0.2, -0.15) is 0 Å².